The summed E-state index contributed by atoms with van der Waals surface area (Å²) >= 11 is 7.14. The van der Waals surface area contributed by atoms with Gasteiger partial charge >= 0.3 is 0 Å². The normalized spacial score (nSPS) is 11.1. The fourth-order valence-corrected chi connectivity index (χ4v) is 5.09. The Labute approximate surface area is 185 Å². The SMILES string of the molecule is CCOc1ccc(N(C(=O)CSc2ccc(Cl)cc2)S(=O)(=O)c2ccccc2)cc1. The molecule has 0 heterocycles. The van der Waals surface area contributed by atoms with E-state index in [1.807, 2.05) is 6.92 Å². The maximum Gasteiger partial charge on any atom is 0.270 e. The molecule has 0 N–H and O–H groups in total. The summed E-state index contributed by atoms with van der Waals surface area (Å²) in [6, 6.07) is 21.3. The van der Waals surface area contributed by atoms with Crippen LogP contribution in [0.25, 0.3) is 0 Å². The second-order valence-electron chi connectivity index (χ2n) is 6.15. The van der Waals surface area contributed by atoms with Gasteiger partial charge in [0.15, 0.2) is 0 Å². The lowest BCUT2D eigenvalue weighted by Gasteiger charge is -2.23. The minimum Gasteiger partial charge on any atom is -0.494 e. The molecule has 30 heavy (non-hydrogen) atoms. The number of nitrogens with zero attached hydrogens (tertiary/aromatic N) is 1. The number of rotatable bonds is 8. The molecular formula is C22H20ClNO4S2. The molecule has 0 saturated carbocycles. The van der Waals surface area contributed by atoms with E-state index in [0.29, 0.717) is 17.4 Å². The van der Waals surface area contributed by atoms with E-state index in [1.165, 1.54) is 23.9 Å². The summed E-state index contributed by atoms with van der Waals surface area (Å²) in [6.45, 7) is 2.35. The first-order chi connectivity index (χ1) is 14.4. The second kappa shape index (κ2) is 10.0. The average molecular weight is 462 g/mol. The van der Waals surface area contributed by atoms with Crippen molar-refractivity contribution in [3.05, 3.63) is 83.9 Å². The number of carbonyl (C=O) groups is 1. The highest BCUT2D eigenvalue weighted by atomic mass is 35.5. The van der Waals surface area contributed by atoms with Gasteiger partial charge in [-0.15, -0.1) is 11.8 Å². The van der Waals surface area contributed by atoms with Crippen LogP contribution in [0.4, 0.5) is 5.69 Å². The van der Waals surface area contributed by atoms with E-state index < -0.39 is 15.9 Å². The molecule has 0 radical (unpaired) electrons. The van der Waals surface area contributed by atoms with Crippen molar-refractivity contribution in [1.82, 2.24) is 0 Å². The van der Waals surface area contributed by atoms with Crippen LogP contribution in [0.3, 0.4) is 0 Å². The maximum atomic E-state index is 13.3. The molecule has 0 unspecified atom stereocenters. The first-order valence-electron chi connectivity index (χ1n) is 9.16. The number of sulfonamides is 1. The van der Waals surface area contributed by atoms with Crippen LogP contribution in [-0.4, -0.2) is 26.7 Å². The summed E-state index contributed by atoms with van der Waals surface area (Å²) in [5, 5.41) is 0.591. The summed E-state index contributed by atoms with van der Waals surface area (Å²) in [7, 11) is -4.08. The van der Waals surface area contributed by atoms with E-state index in [2.05, 4.69) is 0 Å². The largest absolute Gasteiger partial charge is 0.494 e. The summed E-state index contributed by atoms with van der Waals surface area (Å²) < 4.78 is 32.8. The van der Waals surface area contributed by atoms with E-state index in [1.54, 1.807) is 66.7 Å². The molecule has 0 spiro atoms. The minimum absolute atomic E-state index is 0.0451. The maximum absolute atomic E-state index is 13.3. The first kappa shape index (κ1) is 22.2. The van der Waals surface area contributed by atoms with Gasteiger partial charge in [-0.3, -0.25) is 4.79 Å². The quantitative estimate of drug-likeness (QED) is 0.428. The van der Waals surface area contributed by atoms with Crippen LogP contribution in [0.2, 0.25) is 5.02 Å². The van der Waals surface area contributed by atoms with E-state index in [4.69, 9.17) is 16.3 Å². The van der Waals surface area contributed by atoms with E-state index in [0.717, 1.165) is 9.20 Å². The first-order valence-corrected chi connectivity index (χ1v) is 12.0. The predicted octanol–water partition coefficient (Wildman–Crippen LogP) is 5.25. The summed E-state index contributed by atoms with van der Waals surface area (Å²) in [5.41, 5.74) is 0.254. The molecule has 0 aliphatic carbocycles. The van der Waals surface area contributed by atoms with Gasteiger partial charge in [0.25, 0.3) is 15.9 Å². The number of benzene rings is 3. The number of hydrogen-bond acceptors (Lipinski definition) is 5. The molecule has 3 aromatic carbocycles. The lowest BCUT2D eigenvalue weighted by atomic mass is 10.3. The molecule has 3 rings (SSSR count). The number of ether oxygens (including phenoxy) is 1. The summed E-state index contributed by atoms with van der Waals surface area (Å²) in [5.74, 6) is -0.00904. The van der Waals surface area contributed by atoms with Gasteiger partial charge in [-0.2, -0.15) is 0 Å². The monoisotopic (exact) mass is 461 g/mol. The molecule has 1 amide bonds. The van der Waals surface area contributed by atoms with Crippen LogP contribution in [0.5, 0.6) is 5.75 Å². The Bertz CT molecular complexity index is 1090. The summed E-state index contributed by atoms with van der Waals surface area (Å²) in [4.78, 5) is 13.9. The van der Waals surface area contributed by atoms with Gasteiger partial charge in [0, 0.05) is 9.92 Å². The minimum atomic E-state index is -4.08. The Morgan fingerprint density at radius 1 is 0.967 bits per heavy atom. The molecule has 156 valence electrons. The predicted molar refractivity (Wildman–Crippen MR) is 121 cm³/mol. The third-order valence-electron chi connectivity index (χ3n) is 4.07. The number of carbonyl (C=O) groups excluding carboxylic acids is 1. The standard InChI is InChI=1S/C22H20ClNO4S2/c1-2-28-19-12-10-18(11-13-19)24(30(26,27)21-6-4-3-5-7-21)22(25)16-29-20-14-8-17(23)9-15-20/h3-15H,2,16H2,1H3. The molecular weight excluding hydrogens is 442 g/mol. The Morgan fingerprint density at radius 2 is 1.60 bits per heavy atom. The average Bonchev–Trinajstić information content (AvgIpc) is 2.75. The molecule has 0 aliphatic heterocycles. The molecule has 0 aromatic heterocycles. The van der Waals surface area contributed by atoms with Gasteiger partial charge in [-0.25, -0.2) is 12.7 Å². The number of halogens is 1. The van der Waals surface area contributed by atoms with Crippen molar-refractivity contribution in [3.8, 4) is 5.75 Å². The fourth-order valence-electron chi connectivity index (χ4n) is 2.69. The van der Waals surface area contributed by atoms with E-state index >= 15 is 0 Å². The molecule has 0 fully saturated rings. The van der Waals surface area contributed by atoms with Gasteiger partial charge in [0.05, 0.1) is 22.9 Å². The molecule has 0 atom stereocenters. The fraction of sp³-hybridized carbons (Fsp3) is 0.136. The van der Waals surface area contributed by atoms with Crippen LogP contribution in [0.1, 0.15) is 6.92 Å². The van der Waals surface area contributed by atoms with E-state index in [-0.39, 0.29) is 16.3 Å². The van der Waals surface area contributed by atoms with Crippen molar-refractivity contribution in [2.24, 2.45) is 0 Å². The van der Waals surface area contributed by atoms with Crippen molar-refractivity contribution in [2.75, 3.05) is 16.7 Å². The van der Waals surface area contributed by atoms with Crippen molar-refractivity contribution >= 4 is 45.0 Å². The zero-order valence-electron chi connectivity index (χ0n) is 16.2. The lowest BCUT2D eigenvalue weighted by molar-refractivity contribution is -0.115. The molecule has 5 nitrogen and oxygen atoms in total. The molecule has 3 aromatic rings. The number of hydrogen-bond donors (Lipinski definition) is 0. The highest BCUT2D eigenvalue weighted by Gasteiger charge is 2.30. The number of anilines is 1. The van der Waals surface area contributed by atoms with Gasteiger partial charge in [-0.1, -0.05) is 29.8 Å². The van der Waals surface area contributed by atoms with Crippen molar-refractivity contribution in [1.29, 1.82) is 0 Å². The van der Waals surface area contributed by atoms with Crippen LogP contribution < -0.4 is 9.04 Å². The van der Waals surface area contributed by atoms with Crippen LogP contribution >= 0.6 is 23.4 Å². The third kappa shape index (κ3) is 5.36. The highest BCUT2D eigenvalue weighted by molar-refractivity contribution is 8.00. The third-order valence-corrected chi connectivity index (χ3v) is 7.08. The topological polar surface area (TPSA) is 63.7 Å². The van der Waals surface area contributed by atoms with Crippen LogP contribution in [0.15, 0.2) is 88.7 Å². The van der Waals surface area contributed by atoms with Crippen molar-refractivity contribution in [2.45, 2.75) is 16.7 Å². The van der Waals surface area contributed by atoms with Crippen LogP contribution in [0, 0.1) is 0 Å². The Kier molecular flexibility index (Phi) is 7.42. The van der Waals surface area contributed by atoms with Crippen LogP contribution in [-0.2, 0) is 14.8 Å². The lowest BCUT2D eigenvalue weighted by Crippen LogP contribution is -2.38. The molecule has 0 bridgehead atoms. The van der Waals surface area contributed by atoms with Gasteiger partial charge in [0.1, 0.15) is 5.75 Å². The Balaban J connectivity index is 1.92. The second-order valence-corrected chi connectivity index (χ2v) is 9.42. The Morgan fingerprint density at radius 3 is 2.20 bits per heavy atom. The smallest absolute Gasteiger partial charge is 0.270 e. The van der Waals surface area contributed by atoms with Gasteiger partial charge in [0.2, 0.25) is 0 Å². The number of thioether (sulfide) groups is 1. The summed E-state index contributed by atoms with van der Waals surface area (Å²) in [6.07, 6.45) is 0. The van der Waals surface area contributed by atoms with Gasteiger partial charge in [-0.05, 0) is 67.6 Å². The highest BCUT2D eigenvalue weighted by Crippen LogP contribution is 2.28. The Hall–Kier alpha value is -2.48. The molecule has 0 aliphatic rings. The molecule has 0 saturated heterocycles. The van der Waals surface area contributed by atoms with Crippen molar-refractivity contribution in [3.63, 3.8) is 0 Å². The van der Waals surface area contributed by atoms with Gasteiger partial charge < -0.3 is 4.74 Å². The van der Waals surface area contributed by atoms with E-state index in [9.17, 15) is 13.2 Å². The molecule has 8 heteroatoms. The number of amides is 1. The van der Waals surface area contributed by atoms with Crippen molar-refractivity contribution < 1.29 is 17.9 Å². The zero-order valence-corrected chi connectivity index (χ0v) is 18.6. The zero-order chi connectivity index (χ0) is 21.6.